The first-order valence-electron chi connectivity index (χ1n) is 8.83. The molecule has 2 fully saturated rings. The maximum Gasteiger partial charge on any atom is 0.317 e. The number of fused-ring (bicyclic) bond motifs is 1. The monoisotopic (exact) mass is 373 g/mol. The highest BCUT2D eigenvalue weighted by atomic mass is 35.5. The highest BCUT2D eigenvalue weighted by molar-refractivity contribution is 6.30. The first-order chi connectivity index (χ1) is 12.5. The summed E-state index contributed by atoms with van der Waals surface area (Å²) in [5.74, 6) is -0.563. The number of likely N-dealkylation sites (tertiary alicyclic amines) is 2. The first kappa shape index (κ1) is 17.1. The summed E-state index contributed by atoms with van der Waals surface area (Å²) >= 11 is 5.84. The summed E-state index contributed by atoms with van der Waals surface area (Å²) in [6.45, 7) is 1.21. The van der Waals surface area contributed by atoms with Crippen molar-refractivity contribution in [3.05, 3.63) is 47.0 Å². The number of amides is 4. The van der Waals surface area contributed by atoms with Crippen molar-refractivity contribution in [2.45, 2.75) is 25.4 Å². The average molecular weight is 374 g/mol. The molecule has 2 saturated heterocycles. The summed E-state index contributed by atoms with van der Waals surface area (Å²) in [5.41, 5.74) is 0.960. The van der Waals surface area contributed by atoms with Gasteiger partial charge in [0, 0.05) is 24.7 Å². The maximum atomic E-state index is 12.5. The zero-order chi connectivity index (χ0) is 18.3. The van der Waals surface area contributed by atoms with Crippen LogP contribution in [0.25, 0.3) is 0 Å². The highest BCUT2D eigenvalue weighted by Gasteiger charge is 2.52. The molecule has 1 aromatic rings. The number of hydrogen-bond acceptors (Lipinski definition) is 3. The van der Waals surface area contributed by atoms with Crippen molar-refractivity contribution in [3.63, 3.8) is 0 Å². The molecule has 2 heterocycles. The van der Waals surface area contributed by atoms with Crippen LogP contribution >= 0.6 is 11.6 Å². The van der Waals surface area contributed by atoms with E-state index < -0.39 is 0 Å². The predicted molar refractivity (Wildman–Crippen MR) is 96.3 cm³/mol. The number of benzene rings is 1. The van der Waals surface area contributed by atoms with Crippen LogP contribution in [0.3, 0.4) is 0 Å². The molecule has 0 radical (unpaired) electrons. The van der Waals surface area contributed by atoms with Crippen molar-refractivity contribution in [2.24, 2.45) is 11.8 Å². The van der Waals surface area contributed by atoms with Crippen LogP contribution in [0.5, 0.6) is 0 Å². The summed E-state index contributed by atoms with van der Waals surface area (Å²) in [5, 5.41) is 3.50. The predicted octanol–water partition coefficient (Wildman–Crippen LogP) is 2.19. The lowest BCUT2D eigenvalue weighted by atomic mass is 9.85. The van der Waals surface area contributed by atoms with Crippen molar-refractivity contribution in [1.82, 2.24) is 15.1 Å². The zero-order valence-electron chi connectivity index (χ0n) is 14.2. The van der Waals surface area contributed by atoms with Gasteiger partial charge in [0.25, 0.3) is 0 Å². The van der Waals surface area contributed by atoms with Crippen LogP contribution in [0.1, 0.15) is 18.4 Å². The number of imide groups is 1. The molecule has 4 amide bonds. The molecule has 0 aromatic heterocycles. The zero-order valence-corrected chi connectivity index (χ0v) is 15.0. The van der Waals surface area contributed by atoms with Crippen molar-refractivity contribution in [1.29, 1.82) is 0 Å². The molecular formula is C19H20ClN3O3. The lowest BCUT2D eigenvalue weighted by Gasteiger charge is -2.43. The van der Waals surface area contributed by atoms with Gasteiger partial charge in [-0.2, -0.15) is 0 Å². The van der Waals surface area contributed by atoms with Gasteiger partial charge in [-0.25, -0.2) is 4.79 Å². The van der Waals surface area contributed by atoms with Gasteiger partial charge in [0.05, 0.1) is 17.9 Å². The number of carbonyl (C=O) groups is 3. The smallest absolute Gasteiger partial charge is 0.317 e. The van der Waals surface area contributed by atoms with Crippen LogP contribution in [0.4, 0.5) is 4.79 Å². The third kappa shape index (κ3) is 2.98. The van der Waals surface area contributed by atoms with E-state index in [-0.39, 0.29) is 35.7 Å². The summed E-state index contributed by atoms with van der Waals surface area (Å²) in [6, 6.07) is 6.90. The highest BCUT2D eigenvalue weighted by Crippen LogP contribution is 2.37. The Morgan fingerprint density at radius 2 is 1.62 bits per heavy atom. The molecule has 2 atom stereocenters. The minimum absolute atomic E-state index is 0.0735. The number of allylic oxidation sites excluding steroid dienone is 2. The summed E-state index contributed by atoms with van der Waals surface area (Å²) < 4.78 is 0. The second-order valence-corrected chi connectivity index (χ2v) is 7.48. The number of hydrogen-bond donors (Lipinski definition) is 1. The molecule has 0 saturated carbocycles. The lowest BCUT2D eigenvalue weighted by molar-refractivity contribution is -0.145. The second kappa shape index (κ2) is 6.76. The fraction of sp³-hybridized carbons (Fsp3) is 0.421. The third-order valence-electron chi connectivity index (χ3n) is 5.41. The van der Waals surface area contributed by atoms with Crippen LogP contribution < -0.4 is 5.32 Å². The molecule has 4 rings (SSSR count). The Balaban J connectivity index is 1.29. The van der Waals surface area contributed by atoms with Gasteiger partial charge in [0.2, 0.25) is 11.8 Å². The normalized spacial score (nSPS) is 25.3. The van der Waals surface area contributed by atoms with Gasteiger partial charge in [-0.15, -0.1) is 0 Å². The average Bonchev–Trinajstić information content (AvgIpc) is 2.86. The van der Waals surface area contributed by atoms with Gasteiger partial charge in [0.15, 0.2) is 0 Å². The molecule has 26 heavy (non-hydrogen) atoms. The van der Waals surface area contributed by atoms with E-state index in [1.165, 1.54) is 4.90 Å². The van der Waals surface area contributed by atoms with E-state index in [9.17, 15) is 14.4 Å². The largest absolute Gasteiger partial charge is 0.334 e. The van der Waals surface area contributed by atoms with E-state index >= 15 is 0 Å². The molecule has 0 spiro atoms. The maximum absolute atomic E-state index is 12.5. The molecule has 1 aliphatic carbocycles. The Morgan fingerprint density at radius 1 is 1.04 bits per heavy atom. The summed E-state index contributed by atoms with van der Waals surface area (Å²) in [6.07, 6.45) is 5.24. The van der Waals surface area contributed by atoms with E-state index in [0.717, 1.165) is 5.56 Å². The fourth-order valence-electron chi connectivity index (χ4n) is 3.86. The molecule has 3 aliphatic rings. The standard InChI is InChI=1S/C19H20ClN3O3/c20-13-7-5-12(6-8-13)9-21-19(26)22-10-14(11-22)23-17(24)15-3-1-2-4-16(15)18(23)25/h1-2,5-8,14-16H,3-4,9-11H2,(H,21,26)/t15-,16-/m0/s1. The van der Waals surface area contributed by atoms with E-state index in [2.05, 4.69) is 5.32 Å². The second-order valence-electron chi connectivity index (χ2n) is 7.05. The number of nitrogens with one attached hydrogen (secondary N) is 1. The Morgan fingerprint density at radius 3 is 2.19 bits per heavy atom. The van der Waals surface area contributed by atoms with Crippen LogP contribution in [0.15, 0.2) is 36.4 Å². The van der Waals surface area contributed by atoms with Gasteiger partial charge in [-0.05, 0) is 30.5 Å². The number of carbonyl (C=O) groups excluding carboxylic acids is 3. The Kier molecular flexibility index (Phi) is 4.44. The van der Waals surface area contributed by atoms with Gasteiger partial charge < -0.3 is 10.2 Å². The van der Waals surface area contributed by atoms with Crippen LogP contribution in [-0.4, -0.2) is 46.8 Å². The Hall–Kier alpha value is -2.34. The molecule has 1 aromatic carbocycles. The van der Waals surface area contributed by atoms with E-state index in [1.54, 1.807) is 17.0 Å². The quantitative estimate of drug-likeness (QED) is 0.652. The fourth-order valence-corrected chi connectivity index (χ4v) is 3.99. The van der Waals surface area contributed by atoms with Crippen LogP contribution in [-0.2, 0) is 16.1 Å². The number of urea groups is 1. The Labute approximate surface area is 156 Å². The topological polar surface area (TPSA) is 69.7 Å². The van der Waals surface area contributed by atoms with E-state index in [1.807, 2.05) is 24.3 Å². The van der Waals surface area contributed by atoms with Crippen molar-refractivity contribution >= 4 is 29.4 Å². The number of halogens is 1. The lowest BCUT2D eigenvalue weighted by Crippen LogP contribution is -2.64. The van der Waals surface area contributed by atoms with Gasteiger partial charge in [-0.3, -0.25) is 14.5 Å². The molecular weight excluding hydrogens is 354 g/mol. The minimum atomic E-state index is -0.208. The Bertz CT molecular complexity index is 745. The van der Waals surface area contributed by atoms with Crippen LogP contribution in [0.2, 0.25) is 5.02 Å². The summed E-state index contributed by atoms with van der Waals surface area (Å²) in [7, 11) is 0. The van der Waals surface area contributed by atoms with E-state index in [0.29, 0.717) is 37.5 Å². The molecule has 1 N–H and O–H groups in total. The molecule has 2 aliphatic heterocycles. The third-order valence-corrected chi connectivity index (χ3v) is 5.67. The van der Waals surface area contributed by atoms with Crippen LogP contribution in [0, 0.1) is 11.8 Å². The molecule has 136 valence electrons. The molecule has 0 unspecified atom stereocenters. The van der Waals surface area contributed by atoms with Gasteiger partial charge in [-0.1, -0.05) is 35.9 Å². The SMILES string of the molecule is O=C(NCc1ccc(Cl)cc1)N1CC(N2C(=O)[C@H]3CC=CC[C@@H]3C2=O)C1. The number of rotatable bonds is 3. The molecule has 7 heteroatoms. The van der Waals surface area contributed by atoms with Gasteiger partial charge >= 0.3 is 6.03 Å². The van der Waals surface area contributed by atoms with Gasteiger partial charge in [0.1, 0.15) is 0 Å². The van der Waals surface area contributed by atoms with Crippen molar-refractivity contribution < 1.29 is 14.4 Å². The minimum Gasteiger partial charge on any atom is -0.334 e. The van der Waals surface area contributed by atoms with Crippen molar-refractivity contribution in [2.75, 3.05) is 13.1 Å². The first-order valence-corrected chi connectivity index (χ1v) is 9.21. The number of nitrogens with zero attached hydrogens (tertiary/aromatic N) is 2. The molecule has 0 bridgehead atoms. The van der Waals surface area contributed by atoms with Crippen molar-refractivity contribution in [3.8, 4) is 0 Å². The molecule has 6 nitrogen and oxygen atoms in total. The summed E-state index contributed by atoms with van der Waals surface area (Å²) in [4.78, 5) is 40.3. The van der Waals surface area contributed by atoms with E-state index in [4.69, 9.17) is 11.6 Å².